The molecule has 0 bridgehead atoms. The van der Waals surface area contributed by atoms with E-state index in [1.165, 1.54) is 26.3 Å². The lowest BCUT2D eigenvalue weighted by Crippen LogP contribution is -2.57. The van der Waals surface area contributed by atoms with Crippen molar-refractivity contribution in [1.29, 1.82) is 0 Å². The summed E-state index contributed by atoms with van der Waals surface area (Å²) in [4.78, 5) is 25.8. The Hall–Kier alpha value is -2.98. The third-order valence-electron chi connectivity index (χ3n) is 6.80. The monoisotopic (exact) mass is 556 g/mol. The van der Waals surface area contributed by atoms with Gasteiger partial charge in [0.15, 0.2) is 0 Å². The van der Waals surface area contributed by atoms with Gasteiger partial charge in [0.2, 0.25) is 0 Å². The van der Waals surface area contributed by atoms with Crippen molar-refractivity contribution < 1.29 is 37.3 Å². The predicted octanol–water partition coefficient (Wildman–Crippen LogP) is 4.95. The van der Waals surface area contributed by atoms with E-state index in [2.05, 4.69) is 5.32 Å². The first-order chi connectivity index (χ1) is 18.0. The van der Waals surface area contributed by atoms with Crippen molar-refractivity contribution in [3.8, 4) is 11.5 Å². The lowest BCUT2D eigenvalue weighted by atomic mass is 9.87. The van der Waals surface area contributed by atoms with Crippen LogP contribution in [0.2, 0.25) is 5.02 Å². The van der Waals surface area contributed by atoms with Gasteiger partial charge in [-0.05, 0) is 61.9 Å². The Balaban J connectivity index is 1.48. The zero-order valence-electron chi connectivity index (χ0n) is 21.3. The van der Waals surface area contributed by atoms with Crippen LogP contribution in [0.1, 0.15) is 48.0 Å². The lowest BCUT2D eigenvalue weighted by Gasteiger charge is -2.38. The number of nitrogens with one attached hydrogen (secondary N) is 1. The van der Waals surface area contributed by atoms with Crippen LogP contribution in [0.3, 0.4) is 0 Å². The second-order valence-corrected chi connectivity index (χ2v) is 9.65. The number of rotatable bonds is 10. The van der Waals surface area contributed by atoms with Crippen LogP contribution in [0, 0.1) is 5.92 Å². The van der Waals surface area contributed by atoms with Gasteiger partial charge in [0.1, 0.15) is 11.5 Å². The van der Waals surface area contributed by atoms with E-state index < -0.39 is 23.2 Å². The van der Waals surface area contributed by atoms with E-state index in [9.17, 15) is 27.9 Å². The van der Waals surface area contributed by atoms with Crippen molar-refractivity contribution in [2.45, 2.75) is 43.9 Å². The lowest BCUT2D eigenvalue weighted by molar-refractivity contribution is -0.262. The molecule has 2 amide bonds. The Kier molecular flexibility index (Phi) is 9.89. The molecule has 3 rings (SSSR count). The Morgan fingerprint density at radius 2 is 1.82 bits per heavy atom. The van der Waals surface area contributed by atoms with Crippen molar-refractivity contribution in [1.82, 2.24) is 10.2 Å². The topological polar surface area (TPSA) is 88.1 Å². The summed E-state index contributed by atoms with van der Waals surface area (Å²) >= 11 is 6.13. The highest BCUT2D eigenvalue weighted by molar-refractivity contribution is 6.34. The molecule has 208 valence electrons. The van der Waals surface area contributed by atoms with Gasteiger partial charge in [-0.15, -0.1) is 0 Å². The van der Waals surface area contributed by atoms with Crippen molar-refractivity contribution >= 4 is 23.4 Å². The fourth-order valence-electron chi connectivity index (χ4n) is 4.54. The molecule has 2 N–H and O–H groups in total. The number of unbranched alkanes of at least 4 members (excludes halogenated alkanes) is 1. The highest BCUT2D eigenvalue weighted by Crippen LogP contribution is 2.42. The third-order valence-corrected chi connectivity index (χ3v) is 7.11. The maximum Gasteiger partial charge on any atom is 0.430 e. The summed E-state index contributed by atoms with van der Waals surface area (Å²) in [5, 5.41) is 13.5. The molecule has 11 heteroatoms. The predicted molar refractivity (Wildman–Crippen MR) is 136 cm³/mol. The van der Waals surface area contributed by atoms with Crippen LogP contribution in [0.4, 0.5) is 13.2 Å². The number of amides is 2. The summed E-state index contributed by atoms with van der Waals surface area (Å²) < 4.78 is 52.6. The smallest absolute Gasteiger partial charge is 0.430 e. The SMILES string of the molecule is CNC(=O)c1ccc(OCCCCC2CCN(C(=O)[C@](O)(c3cccc(OC)c3)C(F)(F)F)CC2)cc1Cl. The Labute approximate surface area is 224 Å². The number of nitrogens with zero attached hydrogens (tertiary/aromatic N) is 1. The Bertz CT molecular complexity index is 1120. The number of benzene rings is 2. The van der Waals surface area contributed by atoms with Crippen molar-refractivity contribution in [2.75, 3.05) is 33.9 Å². The van der Waals surface area contributed by atoms with E-state index in [-0.39, 0.29) is 30.7 Å². The number of aliphatic hydroxyl groups is 1. The average Bonchev–Trinajstić information content (AvgIpc) is 2.91. The van der Waals surface area contributed by atoms with Crippen molar-refractivity contribution in [3.63, 3.8) is 0 Å². The van der Waals surface area contributed by atoms with Crippen LogP contribution < -0.4 is 14.8 Å². The largest absolute Gasteiger partial charge is 0.497 e. The molecular formula is C27H32ClF3N2O5. The van der Waals surface area contributed by atoms with Gasteiger partial charge < -0.3 is 24.8 Å². The first kappa shape index (κ1) is 29.6. The van der Waals surface area contributed by atoms with Gasteiger partial charge >= 0.3 is 6.18 Å². The van der Waals surface area contributed by atoms with Crippen LogP contribution in [0.5, 0.6) is 11.5 Å². The summed E-state index contributed by atoms with van der Waals surface area (Å²) in [6.07, 6.45) is -1.64. The quantitative estimate of drug-likeness (QED) is 0.405. The average molecular weight is 557 g/mol. The number of alkyl halides is 3. The van der Waals surface area contributed by atoms with E-state index in [1.807, 2.05) is 0 Å². The van der Waals surface area contributed by atoms with Gasteiger partial charge in [-0.1, -0.05) is 30.2 Å². The first-order valence-electron chi connectivity index (χ1n) is 12.4. The molecule has 0 spiro atoms. The number of hydrogen-bond acceptors (Lipinski definition) is 5. The summed E-state index contributed by atoms with van der Waals surface area (Å²) in [5.74, 6) is -0.715. The van der Waals surface area contributed by atoms with Gasteiger partial charge in [0.25, 0.3) is 17.4 Å². The van der Waals surface area contributed by atoms with Gasteiger partial charge in [0, 0.05) is 25.7 Å². The molecule has 1 heterocycles. The fraction of sp³-hybridized carbons (Fsp3) is 0.481. The second kappa shape index (κ2) is 12.7. The third kappa shape index (κ3) is 6.71. The summed E-state index contributed by atoms with van der Waals surface area (Å²) in [6, 6.07) is 9.72. The second-order valence-electron chi connectivity index (χ2n) is 9.24. The molecule has 0 saturated carbocycles. The molecule has 0 aromatic heterocycles. The molecule has 2 aromatic carbocycles. The number of methoxy groups -OCH3 is 1. The van der Waals surface area contributed by atoms with E-state index in [4.69, 9.17) is 21.1 Å². The van der Waals surface area contributed by atoms with E-state index in [1.54, 1.807) is 18.2 Å². The number of hydrogen-bond donors (Lipinski definition) is 2. The zero-order valence-corrected chi connectivity index (χ0v) is 22.1. The van der Waals surface area contributed by atoms with Crippen LogP contribution in [-0.2, 0) is 10.4 Å². The van der Waals surface area contributed by atoms with Gasteiger partial charge in [0.05, 0.1) is 24.3 Å². The minimum absolute atomic E-state index is 0.115. The first-order valence-corrected chi connectivity index (χ1v) is 12.8. The molecule has 1 aliphatic rings. The van der Waals surface area contributed by atoms with E-state index in [0.717, 1.165) is 36.3 Å². The van der Waals surface area contributed by atoms with Gasteiger partial charge in [-0.2, -0.15) is 13.2 Å². The van der Waals surface area contributed by atoms with Crippen LogP contribution in [-0.4, -0.2) is 61.9 Å². The van der Waals surface area contributed by atoms with E-state index in [0.29, 0.717) is 35.8 Å². The minimum atomic E-state index is -5.19. The fourth-order valence-corrected chi connectivity index (χ4v) is 4.80. The molecule has 0 aliphatic carbocycles. The number of carbonyl (C=O) groups excluding carboxylic acids is 2. The summed E-state index contributed by atoms with van der Waals surface area (Å²) in [7, 11) is 2.82. The van der Waals surface area contributed by atoms with E-state index >= 15 is 0 Å². The number of ether oxygens (including phenoxy) is 2. The van der Waals surface area contributed by atoms with Crippen LogP contribution in [0.15, 0.2) is 42.5 Å². The van der Waals surface area contributed by atoms with Crippen LogP contribution >= 0.6 is 11.6 Å². The van der Waals surface area contributed by atoms with Crippen molar-refractivity contribution in [3.05, 3.63) is 58.6 Å². The molecule has 7 nitrogen and oxygen atoms in total. The Morgan fingerprint density at radius 3 is 2.42 bits per heavy atom. The summed E-state index contributed by atoms with van der Waals surface area (Å²) in [5.41, 5.74) is -3.85. The van der Waals surface area contributed by atoms with Crippen molar-refractivity contribution in [2.24, 2.45) is 5.92 Å². The highest BCUT2D eigenvalue weighted by Gasteiger charge is 2.62. The molecule has 2 aromatic rings. The minimum Gasteiger partial charge on any atom is -0.497 e. The maximum absolute atomic E-state index is 14.0. The number of likely N-dealkylation sites (tertiary alicyclic amines) is 1. The normalized spacial score (nSPS) is 16.0. The number of piperidine rings is 1. The molecular weight excluding hydrogens is 525 g/mol. The number of halogens is 4. The van der Waals surface area contributed by atoms with Gasteiger partial charge in [-0.25, -0.2) is 0 Å². The van der Waals surface area contributed by atoms with Crippen LogP contribution in [0.25, 0.3) is 0 Å². The Morgan fingerprint density at radius 1 is 1.11 bits per heavy atom. The number of carbonyl (C=O) groups is 2. The maximum atomic E-state index is 14.0. The molecule has 1 saturated heterocycles. The molecule has 1 aliphatic heterocycles. The molecule has 1 fully saturated rings. The molecule has 0 unspecified atom stereocenters. The van der Waals surface area contributed by atoms with Gasteiger partial charge in [-0.3, -0.25) is 9.59 Å². The highest BCUT2D eigenvalue weighted by atomic mass is 35.5. The molecule has 0 radical (unpaired) electrons. The summed E-state index contributed by atoms with van der Waals surface area (Å²) in [6.45, 7) is 0.725. The molecule has 1 atom stereocenters. The standard InChI is InChI=1S/C27H32ClF3N2O5/c1-32-24(34)22-10-9-21(17-23(22)28)38-15-4-3-6-18-11-13-33(14-12-18)25(35)26(36,27(29,30)31)19-7-5-8-20(16-19)37-2/h5,7-10,16-18,36H,3-4,6,11-15H2,1-2H3,(H,32,34)/t26-/m1/s1. The zero-order chi connectivity index (χ0) is 27.9. The molecule has 38 heavy (non-hydrogen) atoms.